The molecule has 0 amide bonds. The van der Waals surface area contributed by atoms with Crippen LogP contribution in [0.5, 0.6) is 0 Å². The van der Waals surface area contributed by atoms with Gasteiger partial charge < -0.3 is 4.74 Å². The van der Waals surface area contributed by atoms with Crippen molar-refractivity contribution in [2.45, 2.75) is 6.42 Å². The van der Waals surface area contributed by atoms with Crippen LogP contribution in [0.1, 0.15) is 12.0 Å². The molecule has 0 atom stereocenters. The lowest BCUT2D eigenvalue weighted by molar-refractivity contribution is -0.128. The quantitative estimate of drug-likeness (QED) is 0.508. The van der Waals surface area contributed by atoms with Gasteiger partial charge >= 0.3 is 0 Å². The maximum atomic E-state index is 9.79. The molecule has 2 heteroatoms. The molecule has 0 heterocycles. The van der Waals surface area contributed by atoms with Gasteiger partial charge in [0.15, 0.2) is 0 Å². The molecule has 0 radical (unpaired) electrons. The summed E-state index contributed by atoms with van der Waals surface area (Å²) >= 11 is 0. The van der Waals surface area contributed by atoms with E-state index in [9.17, 15) is 4.79 Å². The first kappa shape index (κ1) is 9.52. The van der Waals surface area contributed by atoms with E-state index in [1.54, 1.807) is 0 Å². The molecule has 0 bridgehead atoms. The van der Waals surface area contributed by atoms with Gasteiger partial charge in [0.25, 0.3) is 6.47 Å². The number of hydrogen-bond acceptors (Lipinski definition) is 2. The summed E-state index contributed by atoms with van der Waals surface area (Å²) in [6.45, 7) is 0.920. The molecule has 0 aromatic heterocycles. The van der Waals surface area contributed by atoms with Crippen LogP contribution < -0.4 is 0 Å². The predicted molar refractivity (Wildman–Crippen MR) is 52.1 cm³/mol. The highest BCUT2D eigenvalue weighted by atomic mass is 16.5. The Balaban J connectivity index is 2.28. The lowest BCUT2D eigenvalue weighted by atomic mass is 10.2. The average molecular weight is 176 g/mol. The minimum Gasteiger partial charge on any atom is -0.468 e. The Morgan fingerprint density at radius 3 is 2.69 bits per heavy atom. The molecule has 0 N–H and O–H groups in total. The van der Waals surface area contributed by atoms with E-state index in [1.165, 1.54) is 0 Å². The van der Waals surface area contributed by atoms with E-state index in [4.69, 9.17) is 0 Å². The number of benzene rings is 1. The fourth-order valence-electron chi connectivity index (χ4n) is 0.968. The average Bonchev–Trinajstić information content (AvgIpc) is 2.19. The maximum Gasteiger partial charge on any atom is 0.293 e. The van der Waals surface area contributed by atoms with Crippen molar-refractivity contribution in [1.82, 2.24) is 0 Å². The van der Waals surface area contributed by atoms with Crippen LogP contribution >= 0.6 is 0 Å². The zero-order chi connectivity index (χ0) is 9.36. The summed E-state index contributed by atoms with van der Waals surface area (Å²) in [5, 5.41) is 0. The summed E-state index contributed by atoms with van der Waals surface area (Å²) in [5.41, 5.74) is 1.16. The molecule has 0 aliphatic heterocycles. The van der Waals surface area contributed by atoms with Crippen molar-refractivity contribution in [3.05, 3.63) is 42.0 Å². The van der Waals surface area contributed by atoms with E-state index in [0.29, 0.717) is 13.1 Å². The lowest BCUT2D eigenvalue weighted by Gasteiger charge is -1.92. The third-order valence-corrected chi connectivity index (χ3v) is 1.58. The SMILES string of the molecule is O=COCC/C=C/c1ccccc1. The van der Waals surface area contributed by atoms with E-state index in [1.807, 2.05) is 42.5 Å². The van der Waals surface area contributed by atoms with Gasteiger partial charge in [-0.05, 0) is 12.0 Å². The molecule has 0 fully saturated rings. The molecule has 68 valence electrons. The molecule has 1 aromatic carbocycles. The second-order valence-electron chi connectivity index (χ2n) is 2.57. The van der Waals surface area contributed by atoms with Crippen LogP contribution in [-0.2, 0) is 9.53 Å². The van der Waals surface area contributed by atoms with E-state index >= 15 is 0 Å². The third kappa shape index (κ3) is 4.11. The van der Waals surface area contributed by atoms with E-state index < -0.39 is 0 Å². The Morgan fingerprint density at radius 2 is 2.00 bits per heavy atom. The smallest absolute Gasteiger partial charge is 0.293 e. The highest BCUT2D eigenvalue weighted by Gasteiger charge is 1.83. The van der Waals surface area contributed by atoms with Gasteiger partial charge in [0, 0.05) is 0 Å². The molecule has 1 rings (SSSR count). The fourth-order valence-corrected chi connectivity index (χ4v) is 0.968. The molecular weight excluding hydrogens is 164 g/mol. The summed E-state index contributed by atoms with van der Waals surface area (Å²) < 4.78 is 4.54. The first-order chi connectivity index (χ1) is 6.43. The van der Waals surface area contributed by atoms with Crippen molar-refractivity contribution in [3.63, 3.8) is 0 Å². The van der Waals surface area contributed by atoms with Gasteiger partial charge in [0.2, 0.25) is 0 Å². The van der Waals surface area contributed by atoms with Crippen molar-refractivity contribution in [1.29, 1.82) is 0 Å². The zero-order valence-corrected chi connectivity index (χ0v) is 7.35. The molecule has 0 saturated carbocycles. The Labute approximate surface area is 77.8 Å². The van der Waals surface area contributed by atoms with Crippen LogP contribution in [0.2, 0.25) is 0 Å². The predicted octanol–water partition coefficient (Wildman–Crippen LogP) is 2.26. The standard InChI is InChI=1S/C11H12O2/c12-10-13-9-5-4-8-11-6-2-1-3-7-11/h1-4,6-8,10H,5,9H2/b8-4+. The minimum atomic E-state index is 0.451. The second-order valence-corrected chi connectivity index (χ2v) is 2.57. The monoisotopic (exact) mass is 176 g/mol. The van der Waals surface area contributed by atoms with Crippen molar-refractivity contribution < 1.29 is 9.53 Å². The third-order valence-electron chi connectivity index (χ3n) is 1.58. The normalized spacial score (nSPS) is 10.2. The summed E-state index contributed by atoms with van der Waals surface area (Å²) in [6, 6.07) is 10.0. The van der Waals surface area contributed by atoms with E-state index in [-0.39, 0.29) is 0 Å². The van der Waals surface area contributed by atoms with Crippen LogP contribution in [0.4, 0.5) is 0 Å². The number of carbonyl (C=O) groups is 1. The second kappa shape index (κ2) is 6.00. The van der Waals surface area contributed by atoms with Crippen molar-refractivity contribution >= 4 is 12.5 Å². The van der Waals surface area contributed by atoms with Crippen molar-refractivity contribution in [3.8, 4) is 0 Å². The Bertz CT molecular complexity index is 265. The van der Waals surface area contributed by atoms with Crippen LogP contribution in [0.3, 0.4) is 0 Å². The first-order valence-electron chi connectivity index (χ1n) is 4.20. The molecule has 1 aromatic rings. The van der Waals surface area contributed by atoms with Gasteiger partial charge in [-0.25, -0.2) is 0 Å². The Morgan fingerprint density at radius 1 is 1.23 bits per heavy atom. The fraction of sp³-hybridized carbons (Fsp3) is 0.182. The van der Waals surface area contributed by atoms with Gasteiger partial charge in [-0.2, -0.15) is 0 Å². The summed E-state index contributed by atoms with van der Waals surface area (Å²) in [6.07, 6.45) is 4.75. The van der Waals surface area contributed by atoms with Gasteiger partial charge in [0.1, 0.15) is 0 Å². The molecule has 0 unspecified atom stereocenters. The van der Waals surface area contributed by atoms with E-state index in [2.05, 4.69) is 4.74 Å². The Hall–Kier alpha value is -1.57. The summed E-state index contributed by atoms with van der Waals surface area (Å²) in [7, 11) is 0. The minimum absolute atomic E-state index is 0.451. The topological polar surface area (TPSA) is 26.3 Å². The van der Waals surface area contributed by atoms with Crippen LogP contribution in [0.15, 0.2) is 36.4 Å². The van der Waals surface area contributed by atoms with Gasteiger partial charge in [-0.3, -0.25) is 4.79 Å². The summed E-state index contributed by atoms with van der Waals surface area (Å²) in [4.78, 5) is 9.79. The summed E-state index contributed by atoms with van der Waals surface area (Å²) in [5.74, 6) is 0. The molecule has 0 aliphatic carbocycles. The maximum absolute atomic E-state index is 9.79. The molecule has 0 aliphatic rings. The number of carbonyl (C=O) groups excluding carboxylic acids is 1. The van der Waals surface area contributed by atoms with Crippen molar-refractivity contribution in [2.75, 3.05) is 6.61 Å². The van der Waals surface area contributed by atoms with Crippen LogP contribution in [-0.4, -0.2) is 13.1 Å². The van der Waals surface area contributed by atoms with Gasteiger partial charge in [-0.15, -0.1) is 0 Å². The van der Waals surface area contributed by atoms with Crippen LogP contribution in [0.25, 0.3) is 6.08 Å². The first-order valence-corrected chi connectivity index (χ1v) is 4.20. The Kier molecular flexibility index (Phi) is 4.39. The highest BCUT2D eigenvalue weighted by Crippen LogP contribution is 2.01. The van der Waals surface area contributed by atoms with Crippen molar-refractivity contribution in [2.24, 2.45) is 0 Å². The zero-order valence-electron chi connectivity index (χ0n) is 7.35. The molecular formula is C11H12O2. The number of rotatable bonds is 5. The molecule has 13 heavy (non-hydrogen) atoms. The molecule has 0 spiro atoms. The number of ether oxygens (including phenoxy) is 1. The van der Waals surface area contributed by atoms with Crippen LogP contribution in [0, 0.1) is 0 Å². The highest BCUT2D eigenvalue weighted by molar-refractivity contribution is 5.48. The van der Waals surface area contributed by atoms with Gasteiger partial charge in [0.05, 0.1) is 6.61 Å². The molecule has 2 nitrogen and oxygen atoms in total. The number of hydrogen-bond donors (Lipinski definition) is 0. The van der Waals surface area contributed by atoms with Gasteiger partial charge in [-0.1, -0.05) is 42.5 Å². The largest absolute Gasteiger partial charge is 0.468 e. The van der Waals surface area contributed by atoms with E-state index in [0.717, 1.165) is 12.0 Å². The lowest BCUT2D eigenvalue weighted by Crippen LogP contribution is -1.87. The molecule has 0 saturated heterocycles.